The molecule has 0 spiro atoms. The highest BCUT2D eigenvalue weighted by Gasteiger charge is 2.32. The zero-order valence-corrected chi connectivity index (χ0v) is 10.5. The molecule has 0 aliphatic heterocycles. The Bertz CT molecular complexity index is 293. The predicted octanol–water partition coefficient (Wildman–Crippen LogP) is 4.73. The van der Waals surface area contributed by atoms with Crippen LogP contribution < -0.4 is 0 Å². The maximum atomic E-state index is 4.19. The number of hydrogen-bond donors (Lipinski definition) is 0. The summed E-state index contributed by atoms with van der Waals surface area (Å²) in [6.07, 6.45) is 6.60. The van der Waals surface area contributed by atoms with Gasteiger partial charge >= 0.3 is 0 Å². The minimum atomic E-state index is 0.751. The van der Waals surface area contributed by atoms with Gasteiger partial charge in [0.25, 0.3) is 0 Å². The molecule has 2 rings (SSSR count). The van der Waals surface area contributed by atoms with E-state index in [1.54, 1.807) is 11.1 Å². The molecule has 0 N–H and O–H groups in total. The van der Waals surface area contributed by atoms with Crippen molar-refractivity contribution in [2.75, 3.05) is 0 Å². The third kappa shape index (κ3) is 2.04. The van der Waals surface area contributed by atoms with Crippen molar-refractivity contribution in [2.45, 2.75) is 52.9 Å². The first-order valence-corrected chi connectivity index (χ1v) is 6.48. The Hall–Kier alpha value is -0.520. The standard InChI is InChI=1S/C15H24/c1-10(2)13-8-6-12(4)14-7-5-11(3)9-15(13)14/h10,12,14H,3,5-9H2,1-2,4H3. The minimum absolute atomic E-state index is 0.751. The van der Waals surface area contributed by atoms with E-state index in [1.807, 2.05) is 0 Å². The van der Waals surface area contributed by atoms with Crippen molar-refractivity contribution < 1.29 is 0 Å². The van der Waals surface area contributed by atoms with E-state index in [2.05, 4.69) is 27.4 Å². The summed E-state index contributed by atoms with van der Waals surface area (Å²) < 4.78 is 0. The molecule has 0 saturated heterocycles. The largest absolute Gasteiger partial charge is 0.0995 e. The molecule has 15 heavy (non-hydrogen) atoms. The van der Waals surface area contributed by atoms with Crippen LogP contribution in [0.2, 0.25) is 0 Å². The average Bonchev–Trinajstić information content (AvgIpc) is 2.17. The lowest BCUT2D eigenvalue weighted by molar-refractivity contribution is 0.310. The molecule has 0 aromatic carbocycles. The van der Waals surface area contributed by atoms with Crippen molar-refractivity contribution in [1.29, 1.82) is 0 Å². The lowest BCUT2D eigenvalue weighted by atomic mass is 9.66. The topological polar surface area (TPSA) is 0 Å². The first kappa shape index (κ1) is 11.0. The van der Waals surface area contributed by atoms with Gasteiger partial charge in [0.2, 0.25) is 0 Å². The van der Waals surface area contributed by atoms with E-state index in [9.17, 15) is 0 Å². The van der Waals surface area contributed by atoms with Crippen molar-refractivity contribution in [3.05, 3.63) is 23.3 Å². The van der Waals surface area contributed by atoms with E-state index in [0.29, 0.717) is 0 Å². The molecule has 2 unspecified atom stereocenters. The SMILES string of the molecule is C=C1CCC2C(=C(C(C)C)CCC2C)C1. The Morgan fingerprint density at radius 1 is 1.20 bits per heavy atom. The Morgan fingerprint density at radius 3 is 2.60 bits per heavy atom. The lowest BCUT2D eigenvalue weighted by Crippen LogP contribution is -2.25. The molecular weight excluding hydrogens is 180 g/mol. The maximum absolute atomic E-state index is 4.19. The Kier molecular flexibility index (Phi) is 3.04. The van der Waals surface area contributed by atoms with Crippen LogP contribution in [-0.4, -0.2) is 0 Å². The molecule has 1 saturated carbocycles. The Balaban J connectivity index is 2.32. The van der Waals surface area contributed by atoms with E-state index in [4.69, 9.17) is 0 Å². The first-order valence-electron chi connectivity index (χ1n) is 6.48. The fourth-order valence-corrected chi connectivity index (χ4v) is 3.41. The highest BCUT2D eigenvalue weighted by atomic mass is 14.4. The molecule has 0 heterocycles. The van der Waals surface area contributed by atoms with Gasteiger partial charge in [-0.25, -0.2) is 0 Å². The zero-order chi connectivity index (χ0) is 11.0. The first-order chi connectivity index (χ1) is 7.09. The highest BCUT2D eigenvalue weighted by molar-refractivity contribution is 5.29. The average molecular weight is 204 g/mol. The second-order valence-electron chi connectivity index (χ2n) is 5.79. The van der Waals surface area contributed by atoms with Crippen LogP contribution in [0, 0.1) is 17.8 Å². The smallest absolute Gasteiger partial charge is 0.0105 e. The van der Waals surface area contributed by atoms with Gasteiger partial charge in [-0.2, -0.15) is 0 Å². The number of fused-ring (bicyclic) bond motifs is 1. The van der Waals surface area contributed by atoms with Crippen molar-refractivity contribution in [3.8, 4) is 0 Å². The van der Waals surface area contributed by atoms with Crippen LogP contribution in [-0.2, 0) is 0 Å². The van der Waals surface area contributed by atoms with Gasteiger partial charge in [-0.3, -0.25) is 0 Å². The van der Waals surface area contributed by atoms with Gasteiger partial charge in [-0.1, -0.05) is 44.1 Å². The molecule has 0 nitrogen and oxygen atoms in total. The zero-order valence-electron chi connectivity index (χ0n) is 10.5. The van der Waals surface area contributed by atoms with Crippen LogP contribution in [0.15, 0.2) is 23.3 Å². The summed E-state index contributed by atoms with van der Waals surface area (Å²) in [6.45, 7) is 11.3. The Morgan fingerprint density at radius 2 is 1.93 bits per heavy atom. The normalized spacial score (nSPS) is 32.1. The summed E-state index contributed by atoms with van der Waals surface area (Å²) in [6, 6.07) is 0. The molecule has 0 heteroatoms. The number of allylic oxidation sites excluding steroid dienone is 3. The minimum Gasteiger partial charge on any atom is -0.0995 e. The van der Waals surface area contributed by atoms with Gasteiger partial charge in [0.1, 0.15) is 0 Å². The molecule has 2 aliphatic carbocycles. The van der Waals surface area contributed by atoms with Crippen LogP contribution >= 0.6 is 0 Å². The summed E-state index contributed by atoms with van der Waals surface area (Å²) >= 11 is 0. The van der Waals surface area contributed by atoms with Crippen molar-refractivity contribution in [3.63, 3.8) is 0 Å². The van der Waals surface area contributed by atoms with E-state index in [1.165, 1.54) is 37.7 Å². The van der Waals surface area contributed by atoms with Crippen LogP contribution in [0.25, 0.3) is 0 Å². The second-order valence-corrected chi connectivity index (χ2v) is 5.79. The predicted molar refractivity (Wildman–Crippen MR) is 66.7 cm³/mol. The van der Waals surface area contributed by atoms with Crippen LogP contribution in [0.5, 0.6) is 0 Å². The lowest BCUT2D eigenvalue weighted by Gasteiger charge is -2.39. The maximum Gasteiger partial charge on any atom is -0.0105 e. The Labute approximate surface area is 94.5 Å². The molecule has 0 aromatic rings. The van der Waals surface area contributed by atoms with E-state index in [-0.39, 0.29) is 0 Å². The van der Waals surface area contributed by atoms with Crippen molar-refractivity contribution in [1.82, 2.24) is 0 Å². The quantitative estimate of drug-likeness (QED) is 0.542. The summed E-state index contributed by atoms with van der Waals surface area (Å²) in [5, 5.41) is 0. The van der Waals surface area contributed by atoms with Gasteiger partial charge in [-0.05, 0) is 49.9 Å². The van der Waals surface area contributed by atoms with Crippen molar-refractivity contribution >= 4 is 0 Å². The van der Waals surface area contributed by atoms with Crippen LogP contribution in [0.4, 0.5) is 0 Å². The number of rotatable bonds is 1. The summed E-state index contributed by atoms with van der Waals surface area (Å²) in [7, 11) is 0. The molecule has 2 aliphatic rings. The molecule has 0 amide bonds. The number of hydrogen-bond acceptors (Lipinski definition) is 0. The van der Waals surface area contributed by atoms with Crippen LogP contribution in [0.1, 0.15) is 52.9 Å². The summed E-state index contributed by atoms with van der Waals surface area (Å²) in [4.78, 5) is 0. The second kappa shape index (κ2) is 4.15. The monoisotopic (exact) mass is 204 g/mol. The third-order valence-electron chi connectivity index (χ3n) is 4.36. The molecule has 0 bridgehead atoms. The fraction of sp³-hybridized carbons (Fsp3) is 0.733. The van der Waals surface area contributed by atoms with E-state index in [0.717, 1.165) is 17.8 Å². The van der Waals surface area contributed by atoms with E-state index >= 15 is 0 Å². The fourth-order valence-electron chi connectivity index (χ4n) is 3.41. The third-order valence-corrected chi connectivity index (χ3v) is 4.36. The van der Waals surface area contributed by atoms with Gasteiger partial charge in [-0.15, -0.1) is 0 Å². The summed E-state index contributed by atoms with van der Waals surface area (Å²) in [5.74, 6) is 2.55. The molecule has 0 radical (unpaired) electrons. The van der Waals surface area contributed by atoms with Gasteiger partial charge < -0.3 is 0 Å². The molecule has 1 fully saturated rings. The molecule has 0 aromatic heterocycles. The molecule has 84 valence electrons. The van der Waals surface area contributed by atoms with Crippen LogP contribution in [0.3, 0.4) is 0 Å². The molecule has 2 atom stereocenters. The van der Waals surface area contributed by atoms with Gasteiger partial charge in [0, 0.05) is 0 Å². The van der Waals surface area contributed by atoms with Crippen molar-refractivity contribution in [2.24, 2.45) is 17.8 Å². The van der Waals surface area contributed by atoms with E-state index < -0.39 is 0 Å². The van der Waals surface area contributed by atoms with Gasteiger partial charge in [0.05, 0.1) is 0 Å². The van der Waals surface area contributed by atoms with Gasteiger partial charge in [0.15, 0.2) is 0 Å². The summed E-state index contributed by atoms with van der Waals surface area (Å²) in [5.41, 5.74) is 5.01. The highest BCUT2D eigenvalue weighted by Crippen LogP contribution is 2.46. The molecular formula is C15H24.